The molecule has 0 radical (unpaired) electrons. The number of nitrogens with two attached hydrogens (primary N) is 1. The Morgan fingerprint density at radius 1 is 1.67 bits per heavy atom. The Morgan fingerprint density at radius 3 is 2.83 bits per heavy atom. The minimum atomic E-state index is -0.322. The van der Waals surface area contributed by atoms with E-state index in [0.29, 0.717) is 0 Å². The molecule has 3 nitrogen and oxygen atoms in total. The Balaban J connectivity index is 3.43. The quantitative estimate of drug-likeness (QED) is 0.603. The van der Waals surface area contributed by atoms with Gasteiger partial charge in [0.15, 0.2) is 0 Å². The highest BCUT2D eigenvalue weighted by Gasteiger charge is 2.10. The van der Waals surface area contributed by atoms with Crippen LogP contribution in [0.15, 0.2) is 0 Å². The largest absolute Gasteiger partial charge is 0.354 e. The Morgan fingerprint density at radius 2 is 2.33 bits per heavy atom. The molecule has 1 atom stereocenters. The van der Waals surface area contributed by atoms with E-state index < -0.39 is 0 Å². The molecule has 0 aromatic heterocycles. The Bertz CT molecular complexity index is 130. The molecule has 0 aromatic rings. The van der Waals surface area contributed by atoms with Crippen LogP contribution in [-0.4, -0.2) is 30.5 Å². The first-order valence-corrected chi connectivity index (χ1v) is 5.64. The van der Waals surface area contributed by atoms with E-state index in [9.17, 15) is 4.79 Å². The number of nitrogens with one attached hydrogen (secondary N) is 1. The number of carbonyl (C=O) groups is 1. The van der Waals surface area contributed by atoms with Crippen LogP contribution >= 0.6 is 11.8 Å². The molecule has 0 fully saturated rings. The molecule has 0 heterocycles. The summed E-state index contributed by atoms with van der Waals surface area (Å²) < 4.78 is 0. The molecular formula is C8H18N2OS. The third kappa shape index (κ3) is 5.43. The Hall–Kier alpha value is -0.220. The summed E-state index contributed by atoms with van der Waals surface area (Å²) in [4.78, 5) is 11.2. The van der Waals surface area contributed by atoms with Crippen molar-refractivity contribution in [3.8, 4) is 0 Å². The van der Waals surface area contributed by atoms with Crippen LogP contribution in [0.4, 0.5) is 0 Å². The lowest BCUT2D eigenvalue weighted by Gasteiger charge is -2.10. The van der Waals surface area contributed by atoms with Crippen LogP contribution in [0.5, 0.6) is 0 Å². The Kier molecular flexibility index (Phi) is 7.29. The van der Waals surface area contributed by atoms with Gasteiger partial charge in [-0.2, -0.15) is 11.8 Å². The molecule has 0 aliphatic carbocycles. The molecule has 4 heteroatoms. The van der Waals surface area contributed by atoms with Gasteiger partial charge in [-0.25, -0.2) is 0 Å². The second-order valence-electron chi connectivity index (χ2n) is 2.68. The first-order valence-electron chi connectivity index (χ1n) is 4.24. The molecule has 3 N–H and O–H groups in total. The first-order chi connectivity index (χ1) is 5.72. The van der Waals surface area contributed by atoms with Gasteiger partial charge in [-0.1, -0.05) is 13.3 Å². The molecule has 1 amide bonds. The monoisotopic (exact) mass is 190 g/mol. The lowest BCUT2D eigenvalue weighted by atomic mass is 10.2. The first kappa shape index (κ1) is 11.8. The van der Waals surface area contributed by atoms with Crippen molar-refractivity contribution in [1.82, 2.24) is 5.32 Å². The van der Waals surface area contributed by atoms with Gasteiger partial charge in [-0.15, -0.1) is 0 Å². The number of thioether (sulfide) groups is 1. The molecule has 0 spiro atoms. The normalized spacial score (nSPS) is 12.6. The summed E-state index contributed by atoms with van der Waals surface area (Å²) in [7, 11) is 0. The minimum Gasteiger partial charge on any atom is -0.354 e. The van der Waals surface area contributed by atoms with Gasteiger partial charge >= 0.3 is 0 Å². The fourth-order valence-corrected chi connectivity index (χ4v) is 1.16. The van der Waals surface area contributed by atoms with E-state index in [-0.39, 0.29) is 11.9 Å². The van der Waals surface area contributed by atoms with Crippen LogP contribution in [0.1, 0.15) is 19.8 Å². The van der Waals surface area contributed by atoms with Crippen molar-refractivity contribution < 1.29 is 4.79 Å². The van der Waals surface area contributed by atoms with Crippen molar-refractivity contribution in [1.29, 1.82) is 0 Å². The fraction of sp³-hybridized carbons (Fsp3) is 0.875. The van der Waals surface area contributed by atoms with Crippen LogP contribution in [0.2, 0.25) is 0 Å². The van der Waals surface area contributed by atoms with Crippen molar-refractivity contribution in [2.24, 2.45) is 5.73 Å². The average molecular weight is 190 g/mol. The Labute approximate surface area is 78.5 Å². The zero-order chi connectivity index (χ0) is 9.40. The van der Waals surface area contributed by atoms with Gasteiger partial charge in [0.25, 0.3) is 0 Å². The molecular weight excluding hydrogens is 172 g/mol. The lowest BCUT2D eigenvalue weighted by Crippen LogP contribution is -2.41. The number of hydrogen-bond donors (Lipinski definition) is 2. The van der Waals surface area contributed by atoms with Gasteiger partial charge in [-0.3, -0.25) is 4.79 Å². The molecule has 0 aliphatic rings. The maximum atomic E-state index is 11.2. The zero-order valence-corrected chi connectivity index (χ0v) is 8.62. The highest BCUT2D eigenvalue weighted by atomic mass is 32.2. The van der Waals surface area contributed by atoms with Gasteiger partial charge in [0.2, 0.25) is 5.91 Å². The van der Waals surface area contributed by atoms with E-state index in [1.807, 2.05) is 13.2 Å². The van der Waals surface area contributed by atoms with Crippen molar-refractivity contribution in [3.63, 3.8) is 0 Å². The van der Waals surface area contributed by atoms with Crippen LogP contribution in [0, 0.1) is 0 Å². The third-order valence-corrected chi connectivity index (χ3v) is 2.15. The molecule has 0 bridgehead atoms. The molecule has 0 saturated carbocycles. The molecule has 0 aromatic carbocycles. The summed E-state index contributed by atoms with van der Waals surface area (Å²) in [5, 5.41) is 2.78. The summed E-state index contributed by atoms with van der Waals surface area (Å²) in [5.41, 5.74) is 5.59. The van der Waals surface area contributed by atoms with Crippen molar-refractivity contribution in [2.45, 2.75) is 25.8 Å². The predicted molar refractivity (Wildman–Crippen MR) is 54.3 cm³/mol. The molecule has 0 unspecified atom stereocenters. The van der Waals surface area contributed by atoms with Gasteiger partial charge < -0.3 is 11.1 Å². The maximum absolute atomic E-state index is 11.2. The average Bonchev–Trinajstić information content (AvgIpc) is 2.05. The van der Waals surface area contributed by atoms with Crippen LogP contribution in [0.3, 0.4) is 0 Å². The van der Waals surface area contributed by atoms with E-state index in [1.54, 1.807) is 11.8 Å². The van der Waals surface area contributed by atoms with Crippen molar-refractivity contribution in [2.75, 3.05) is 18.6 Å². The van der Waals surface area contributed by atoms with Crippen LogP contribution in [0.25, 0.3) is 0 Å². The number of carbonyl (C=O) groups excluding carboxylic acids is 1. The minimum absolute atomic E-state index is 0.0223. The molecule has 12 heavy (non-hydrogen) atoms. The second kappa shape index (κ2) is 7.43. The zero-order valence-electron chi connectivity index (χ0n) is 7.80. The smallest absolute Gasteiger partial charge is 0.236 e. The second-order valence-corrected chi connectivity index (χ2v) is 3.66. The molecule has 0 rings (SSSR count). The predicted octanol–water partition coefficient (Wildman–Crippen LogP) is 0.593. The van der Waals surface area contributed by atoms with E-state index in [4.69, 9.17) is 5.73 Å². The summed E-state index contributed by atoms with van der Waals surface area (Å²) in [6, 6.07) is -0.322. The van der Waals surface area contributed by atoms with Crippen molar-refractivity contribution in [3.05, 3.63) is 0 Å². The molecule has 0 saturated heterocycles. The highest BCUT2D eigenvalue weighted by molar-refractivity contribution is 7.98. The van der Waals surface area contributed by atoms with Gasteiger partial charge in [-0.05, 0) is 12.7 Å². The van der Waals surface area contributed by atoms with Gasteiger partial charge in [0, 0.05) is 12.3 Å². The maximum Gasteiger partial charge on any atom is 0.236 e. The fourth-order valence-electron chi connectivity index (χ4n) is 0.849. The van der Waals surface area contributed by atoms with Crippen LogP contribution in [-0.2, 0) is 4.79 Å². The summed E-state index contributed by atoms with van der Waals surface area (Å²) in [5.74, 6) is 0.927. The van der Waals surface area contributed by atoms with Crippen LogP contribution < -0.4 is 11.1 Å². The topological polar surface area (TPSA) is 55.1 Å². The van der Waals surface area contributed by atoms with Gasteiger partial charge in [0.05, 0.1) is 6.04 Å². The molecule has 72 valence electrons. The summed E-state index contributed by atoms with van der Waals surface area (Å²) in [6.07, 6.45) is 3.74. The summed E-state index contributed by atoms with van der Waals surface area (Å²) >= 11 is 1.71. The van der Waals surface area contributed by atoms with E-state index >= 15 is 0 Å². The van der Waals surface area contributed by atoms with Crippen molar-refractivity contribution >= 4 is 17.7 Å². The van der Waals surface area contributed by atoms with E-state index in [0.717, 1.165) is 25.1 Å². The van der Waals surface area contributed by atoms with E-state index in [2.05, 4.69) is 5.32 Å². The molecule has 0 aliphatic heterocycles. The number of rotatable bonds is 6. The summed E-state index contributed by atoms with van der Waals surface area (Å²) in [6.45, 7) is 2.74. The standard InChI is InChI=1S/C8H18N2OS/c1-3-4-7(9)8(11)10-5-6-12-2/h7H,3-6,9H2,1-2H3,(H,10,11)/t7-/m1/s1. The SMILES string of the molecule is CCC[C@@H](N)C(=O)NCCSC. The number of hydrogen-bond acceptors (Lipinski definition) is 3. The highest BCUT2D eigenvalue weighted by Crippen LogP contribution is 1.93. The lowest BCUT2D eigenvalue weighted by molar-refractivity contribution is -0.122. The van der Waals surface area contributed by atoms with E-state index in [1.165, 1.54) is 0 Å². The third-order valence-electron chi connectivity index (χ3n) is 1.54. The van der Waals surface area contributed by atoms with Gasteiger partial charge in [0.1, 0.15) is 0 Å². The number of amides is 1.